The van der Waals surface area contributed by atoms with Crippen LogP contribution in [0, 0.1) is 0 Å². The van der Waals surface area contributed by atoms with Crippen molar-refractivity contribution in [3.63, 3.8) is 0 Å². The summed E-state index contributed by atoms with van der Waals surface area (Å²) < 4.78 is 41.0. The van der Waals surface area contributed by atoms with Crippen molar-refractivity contribution in [2.45, 2.75) is 44.7 Å². The Morgan fingerprint density at radius 1 is 1.03 bits per heavy atom. The van der Waals surface area contributed by atoms with E-state index in [0.717, 1.165) is 36.2 Å². The number of rotatable bonds is 8. The topological polar surface area (TPSA) is 44.9 Å². The van der Waals surface area contributed by atoms with Gasteiger partial charge in [0, 0.05) is 36.0 Å². The molecular formula is C23H25F3N2O. The number of aromatic nitrogens is 1. The van der Waals surface area contributed by atoms with Crippen molar-refractivity contribution < 1.29 is 18.0 Å². The van der Waals surface area contributed by atoms with Gasteiger partial charge in [0.1, 0.15) is 0 Å². The molecule has 154 valence electrons. The minimum Gasteiger partial charge on any atom is -0.361 e. The van der Waals surface area contributed by atoms with E-state index in [1.807, 2.05) is 24.3 Å². The molecule has 29 heavy (non-hydrogen) atoms. The molecule has 1 aromatic heterocycles. The monoisotopic (exact) mass is 402 g/mol. The van der Waals surface area contributed by atoms with E-state index in [0.29, 0.717) is 12.1 Å². The van der Waals surface area contributed by atoms with Crippen LogP contribution in [-0.4, -0.2) is 17.4 Å². The van der Waals surface area contributed by atoms with E-state index in [1.165, 1.54) is 12.1 Å². The predicted octanol–water partition coefficient (Wildman–Crippen LogP) is 6.02. The minimum absolute atomic E-state index is 0.0406. The predicted molar refractivity (Wildman–Crippen MR) is 109 cm³/mol. The average molecular weight is 402 g/mol. The largest absolute Gasteiger partial charge is 0.416 e. The van der Waals surface area contributed by atoms with Gasteiger partial charge in [0.05, 0.1) is 5.56 Å². The number of benzene rings is 2. The molecule has 0 aliphatic rings. The molecule has 3 aromatic rings. The number of amides is 1. The fourth-order valence-electron chi connectivity index (χ4n) is 3.69. The molecule has 2 N–H and O–H groups in total. The molecule has 1 atom stereocenters. The van der Waals surface area contributed by atoms with E-state index >= 15 is 0 Å². The molecule has 6 heteroatoms. The van der Waals surface area contributed by atoms with Crippen molar-refractivity contribution >= 4 is 16.8 Å². The Kier molecular flexibility index (Phi) is 6.62. The molecule has 1 heterocycles. The summed E-state index contributed by atoms with van der Waals surface area (Å²) in [5, 5.41) is 3.68. The number of carbonyl (C=O) groups excluding carboxylic acids is 1. The zero-order valence-corrected chi connectivity index (χ0v) is 16.4. The Morgan fingerprint density at radius 2 is 1.76 bits per heavy atom. The second-order valence-electron chi connectivity index (χ2n) is 7.19. The lowest BCUT2D eigenvalue weighted by atomic mass is 9.85. The van der Waals surface area contributed by atoms with Crippen molar-refractivity contribution in [2.24, 2.45) is 0 Å². The molecule has 0 aliphatic carbocycles. The summed E-state index contributed by atoms with van der Waals surface area (Å²) in [4.78, 5) is 15.7. The average Bonchev–Trinajstić information content (AvgIpc) is 3.13. The van der Waals surface area contributed by atoms with E-state index < -0.39 is 17.7 Å². The summed E-state index contributed by atoms with van der Waals surface area (Å²) >= 11 is 0. The maximum atomic E-state index is 13.7. The molecule has 3 nitrogen and oxygen atoms in total. The molecule has 0 bridgehead atoms. The van der Waals surface area contributed by atoms with Crippen LogP contribution in [0.3, 0.4) is 0 Å². The van der Waals surface area contributed by atoms with Crippen molar-refractivity contribution in [1.82, 2.24) is 10.3 Å². The van der Waals surface area contributed by atoms with Crippen molar-refractivity contribution in [1.29, 1.82) is 0 Å². The third kappa shape index (κ3) is 5.00. The van der Waals surface area contributed by atoms with Crippen LogP contribution in [0.15, 0.2) is 54.7 Å². The first kappa shape index (κ1) is 21.0. The summed E-state index contributed by atoms with van der Waals surface area (Å²) in [5.74, 6) is -0.941. The summed E-state index contributed by atoms with van der Waals surface area (Å²) in [6.07, 6.45) is 0.0848. The number of halogens is 3. The summed E-state index contributed by atoms with van der Waals surface area (Å²) in [6.45, 7) is 2.61. The van der Waals surface area contributed by atoms with Crippen molar-refractivity contribution in [3.05, 3.63) is 71.4 Å². The van der Waals surface area contributed by atoms with E-state index in [2.05, 4.69) is 17.2 Å². The zero-order chi connectivity index (χ0) is 20.9. The van der Waals surface area contributed by atoms with Crippen LogP contribution in [0.25, 0.3) is 10.9 Å². The third-order valence-electron chi connectivity index (χ3n) is 5.13. The molecule has 0 spiro atoms. The highest BCUT2D eigenvalue weighted by molar-refractivity contribution is 5.86. The molecule has 0 radical (unpaired) electrons. The number of alkyl halides is 3. The van der Waals surface area contributed by atoms with E-state index in [4.69, 9.17) is 0 Å². The van der Waals surface area contributed by atoms with E-state index in [9.17, 15) is 18.0 Å². The van der Waals surface area contributed by atoms with Gasteiger partial charge in [-0.2, -0.15) is 13.2 Å². The molecule has 2 aromatic carbocycles. The van der Waals surface area contributed by atoms with Gasteiger partial charge in [-0.15, -0.1) is 0 Å². The van der Waals surface area contributed by atoms with Crippen molar-refractivity contribution in [3.8, 4) is 0 Å². The van der Waals surface area contributed by atoms with Gasteiger partial charge in [-0.1, -0.05) is 56.2 Å². The number of aromatic amines is 1. The van der Waals surface area contributed by atoms with Gasteiger partial charge < -0.3 is 10.3 Å². The fraction of sp³-hybridized carbons (Fsp3) is 0.348. The van der Waals surface area contributed by atoms with Crippen LogP contribution in [0.2, 0.25) is 0 Å². The number of hydrogen-bond donors (Lipinski definition) is 2. The van der Waals surface area contributed by atoms with Crippen LogP contribution >= 0.6 is 0 Å². The van der Waals surface area contributed by atoms with Crippen LogP contribution in [0.4, 0.5) is 13.2 Å². The molecular weight excluding hydrogens is 377 g/mol. The van der Waals surface area contributed by atoms with Gasteiger partial charge in [-0.3, -0.25) is 4.79 Å². The Labute approximate surface area is 168 Å². The summed E-state index contributed by atoms with van der Waals surface area (Å²) in [7, 11) is 0. The highest BCUT2D eigenvalue weighted by atomic mass is 19.4. The number of unbranched alkanes of at least 4 members (excludes halogenated alkanes) is 2. The third-order valence-corrected chi connectivity index (χ3v) is 5.13. The number of para-hydroxylation sites is 1. The van der Waals surface area contributed by atoms with Gasteiger partial charge in [-0.05, 0) is 29.7 Å². The molecule has 0 fully saturated rings. The maximum absolute atomic E-state index is 13.7. The molecule has 1 unspecified atom stereocenters. The smallest absolute Gasteiger partial charge is 0.361 e. The lowest BCUT2D eigenvalue weighted by Gasteiger charge is -2.21. The molecule has 3 rings (SSSR count). The van der Waals surface area contributed by atoms with Gasteiger partial charge in [0.25, 0.3) is 0 Å². The standard InChI is InChI=1S/C23H25F3N2O/c1-2-3-8-13-27-22(29)14-18(16-9-4-6-11-20(16)23(24,25)26)19-15-28-21-12-7-5-10-17(19)21/h4-7,9-12,15,18,28H,2-3,8,13-14H2,1H3,(H,27,29). The quantitative estimate of drug-likeness (QED) is 0.445. The molecule has 1 amide bonds. The Bertz CT molecular complexity index is 962. The van der Waals surface area contributed by atoms with Crippen LogP contribution in [-0.2, 0) is 11.0 Å². The number of hydrogen-bond acceptors (Lipinski definition) is 1. The van der Waals surface area contributed by atoms with Gasteiger partial charge >= 0.3 is 6.18 Å². The lowest BCUT2D eigenvalue weighted by Crippen LogP contribution is -2.27. The minimum atomic E-state index is -4.49. The van der Waals surface area contributed by atoms with E-state index in [1.54, 1.807) is 12.3 Å². The maximum Gasteiger partial charge on any atom is 0.416 e. The highest BCUT2D eigenvalue weighted by Crippen LogP contribution is 2.40. The first-order valence-electron chi connectivity index (χ1n) is 9.90. The van der Waals surface area contributed by atoms with Crippen LogP contribution < -0.4 is 5.32 Å². The number of nitrogens with one attached hydrogen (secondary N) is 2. The van der Waals surface area contributed by atoms with E-state index in [-0.39, 0.29) is 17.9 Å². The Balaban J connectivity index is 1.98. The highest BCUT2D eigenvalue weighted by Gasteiger charge is 2.36. The van der Waals surface area contributed by atoms with Gasteiger partial charge in [0.2, 0.25) is 5.91 Å². The fourth-order valence-corrected chi connectivity index (χ4v) is 3.69. The second kappa shape index (κ2) is 9.16. The van der Waals surface area contributed by atoms with Gasteiger partial charge in [-0.25, -0.2) is 0 Å². The summed E-state index contributed by atoms with van der Waals surface area (Å²) in [5.41, 5.74) is 0.948. The number of H-pyrrole nitrogens is 1. The number of fused-ring (bicyclic) bond motifs is 1. The second-order valence-corrected chi connectivity index (χ2v) is 7.19. The Morgan fingerprint density at radius 3 is 2.52 bits per heavy atom. The number of carbonyl (C=O) groups is 1. The van der Waals surface area contributed by atoms with Gasteiger partial charge in [0.15, 0.2) is 0 Å². The normalized spacial score (nSPS) is 12.8. The molecule has 0 saturated carbocycles. The molecule has 0 aliphatic heterocycles. The van der Waals surface area contributed by atoms with Crippen LogP contribution in [0.5, 0.6) is 0 Å². The lowest BCUT2D eigenvalue weighted by molar-refractivity contribution is -0.138. The summed E-state index contributed by atoms with van der Waals surface area (Å²) in [6, 6.07) is 13.0. The Hall–Kier alpha value is -2.76. The zero-order valence-electron chi connectivity index (χ0n) is 16.4. The SMILES string of the molecule is CCCCCNC(=O)CC(c1ccccc1C(F)(F)F)c1c[nH]c2ccccc12. The molecule has 0 saturated heterocycles. The first-order valence-corrected chi connectivity index (χ1v) is 9.90. The van der Waals surface area contributed by atoms with Crippen molar-refractivity contribution in [2.75, 3.05) is 6.54 Å². The van der Waals surface area contributed by atoms with Crippen LogP contribution in [0.1, 0.15) is 55.2 Å². The first-order chi connectivity index (χ1) is 13.9.